The van der Waals surface area contributed by atoms with Crippen LogP contribution in [0.4, 0.5) is 0 Å². The van der Waals surface area contributed by atoms with Crippen LogP contribution in [0.1, 0.15) is 22.4 Å². The van der Waals surface area contributed by atoms with Gasteiger partial charge in [-0.2, -0.15) is 0 Å². The van der Waals surface area contributed by atoms with E-state index in [4.69, 9.17) is 9.72 Å². The van der Waals surface area contributed by atoms with E-state index in [2.05, 4.69) is 32.0 Å². The molecule has 4 nitrogen and oxygen atoms in total. The molecule has 1 aliphatic heterocycles. The van der Waals surface area contributed by atoms with E-state index in [1.54, 1.807) is 35.2 Å². The number of nitrogens with zero attached hydrogens (tertiary/aromatic N) is 2. The zero-order valence-electron chi connectivity index (χ0n) is 16.2. The van der Waals surface area contributed by atoms with Crippen molar-refractivity contribution in [1.82, 2.24) is 9.55 Å². The molecule has 2 heterocycles. The van der Waals surface area contributed by atoms with Gasteiger partial charge in [0.15, 0.2) is 5.16 Å². The number of hydrogen-bond donors (Lipinski definition) is 0. The van der Waals surface area contributed by atoms with Gasteiger partial charge in [-0.05, 0) is 49.2 Å². The maximum absolute atomic E-state index is 13.2. The molecule has 6 heteroatoms. The molecule has 0 bridgehead atoms. The summed E-state index contributed by atoms with van der Waals surface area (Å²) in [6.45, 7) is 4.23. The van der Waals surface area contributed by atoms with Crippen LogP contribution in [0.3, 0.4) is 0 Å². The molecule has 4 rings (SSSR count). The summed E-state index contributed by atoms with van der Waals surface area (Å²) in [6, 6.07) is 14.1. The first-order valence-electron chi connectivity index (χ1n) is 9.19. The van der Waals surface area contributed by atoms with Crippen molar-refractivity contribution in [2.75, 3.05) is 12.9 Å². The number of thioether (sulfide) groups is 2. The molecule has 144 valence electrons. The third kappa shape index (κ3) is 3.71. The summed E-state index contributed by atoms with van der Waals surface area (Å²) in [5.74, 6) is 2.47. The van der Waals surface area contributed by atoms with E-state index in [0.717, 1.165) is 45.1 Å². The number of benzene rings is 2. The largest absolute Gasteiger partial charge is 0.497 e. The van der Waals surface area contributed by atoms with Crippen molar-refractivity contribution in [3.8, 4) is 11.4 Å². The Morgan fingerprint density at radius 3 is 2.71 bits per heavy atom. The number of aromatic nitrogens is 2. The maximum atomic E-state index is 13.2. The van der Waals surface area contributed by atoms with Gasteiger partial charge in [-0.25, -0.2) is 4.98 Å². The molecular formula is C22H22N2O2S2. The zero-order chi connectivity index (χ0) is 19.7. The van der Waals surface area contributed by atoms with Gasteiger partial charge in [-0.15, -0.1) is 11.8 Å². The van der Waals surface area contributed by atoms with Crippen LogP contribution in [0.2, 0.25) is 0 Å². The van der Waals surface area contributed by atoms with Gasteiger partial charge in [0, 0.05) is 17.9 Å². The van der Waals surface area contributed by atoms with Crippen LogP contribution in [-0.4, -0.2) is 22.4 Å². The predicted molar refractivity (Wildman–Crippen MR) is 116 cm³/mol. The summed E-state index contributed by atoms with van der Waals surface area (Å²) in [6.07, 6.45) is 0.857. The summed E-state index contributed by atoms with van der Waals surface area (Å²) >= 11 is 3.23. The maximum Gasteiger partial charge on any atom is 0.272 e. The molecule has 0 atom stereocenters. The summed E-state index contributed by atoms with van der Waals surface area (Å²) in [5.41, 5.74) is 5.55. The van der Waals surface area contributed by atoms with Crippen molar-refractivity contribution >= 4 is 23.5 Å². The Morgan fingerprint density at radius 2 is 1.96 bits per heavy atom. The molecule has 1 aliphatic rings. The van der Waals surface area contributed by atoms with Gasteiger partial charge >= 0.3 is 0 Å². The topological polar surface area (TPSA) is 44.1 Å². The van der Waals surface area contributed by atoms with E-state index in [9.17, 15) is 4.79 Å². The highest BCUT2D eigenvalue weighted by Gasteiger charge is 2.22. The first kappa shape index (κ1) is 19.2. The Labute approximate surface area is 173 Å². The van der Waals surface area contributed by atoms with Crippen molar-refractivity contribution in [3.63, 3.8) is 0 Å². The summed E-state index contributed by atoms with van der Waals surface area (Å²) in [7, 11) is 1.64. The predicted octanol–water partition coefficient (Wildman–Crippen LogP) is 4.80. The van der Waals surface area contributed by atoms with E-state index < -0.39 is 0 Å². The van der Waals surface area contributed by atoms with Crippen LogP contribution in [0, 0.1) is 13.8 Å². The number of aryl methyl sites for hydroxylation is 3. The smallest absolute Gasteiger partial charge is 0.272 e. The standard InChI is InChI=1S/C22H22N2O2S2/c1-14-4-5-15(2)16(12-14)13-28-22-23-19-10-11-27-20(19)21(25)24(22)17-6-8-18(26-3)9-7-17/h4-9,12H,10-11,13H2,1-3H3. The fourth-order valence-corrected chi connectivity index (χ4v) is 5.36. The second-order valence-corrected chi connectivity index (χ2v) is 8.87. The third-order valence-electron chi connectivity index (χ3n) is 4.86. The van der Waals surface area contributed by atoms with E-state index in [-0.39, 0.29) is 5.56 Å². The van der Waals surface area contributed by atoms with Gasteiger partial charge in [-0.3, -0.25) is 9.36 Å². The summed E-state index contributed by atoms with van der Waals surface area (Å²) in [4.78, 5) is 18.9. The third-order valence-corrected chi connectivity index (χ3v) is 6.95. The molecule has 0 fully saturated rings. The molecule has 0 unspecified atom stereocenters. The average Bonchev–Trinajstić information content (AvgIpc) is 3.18. The van der Waals surface area contributed by atoms with Crippen LogP contribution in [0.15, 0.2) is 57.3 Å². The molecule has 0 N–H and O–H groups in total. The number of fused-ring (bicyclic) bond motifs is 1. The lowest BCUT2D eigenvalue weighted by Gasteiger charge is -2.15. The second-order valence-electron chi connectivity index (χ2n) is 6.83. The summed E-state index contributed by atoms with van der Waals surface area (Å²) in [5, 5.41) is 0.748. The van der Waals surface area contributed by atoms with Crippen molar-refractivity contribution in [2.45, 2.75) is 36.1 Å². The first-order chi connectivity index (χ1) is 13.6. The van der Waals surface area contributed by atoms with E-state index in [1.807, 2.05) is 24.3 Å². The lowest BCUT2D eigenvalue weighted by Crippen LogP contribution is -2.23. The van der Waals surface area contributed by atoms with Gasteiger partial charge in [-0.1, -0.05) is 35.5 Å². The number of rotatable bonds is 5. The molecular weight excluding hydrogens is 388 g/mol. The average molecular weight is 411 g/mol. The van der Waals surface area contributed by atoms with Gasteiger partial charge in [0.1, 0.15) is 5.75 Å². The highest BCUT2D eigenvalue weighted by Crippen LogP contribution is 2.31. The minimum absolute atomic E-state index is 0.0288. The monoisotopic (exact) mass is 410 g/mol. The van der Waals surface area contributed by atoms with Gasteiger partial charge < -0.3 is 4.74 Å². The molecule has 0 saturated heterocycles. The van der Waals surface area contributed by atoms with E-state index in [0.29, 0.717) is 0 Å². The van der Waals surface area contributed by atoms with Crippen molar-refractivity contribution in [1.29, 1.82) is 0 Å². The van der Waals surface area contributed by atoms with Crippen LogP contribution >= 0.6 is 23.5 Å². The molecule has 3 aromatic rings. The Morgan fingerprint density at radius 1 is 1.18 bits per heavy atom. The lowest BCUT2D eigenvalue weighted by atomic mass is 10.1. The van der Waals surface area contributed by atoms with Crippen molar-refractivity contribution in [3.05, 3.63) is 75.2 Å². The highest BCUT2D eigenvalue weighted by atomic mass is 32.2. The van der Waals surface area contributed by atoms with Crippen LogP contribution in [-0.2, 0) is 12.2 Å². The minimum atomic E-state index is 0.0288. The molecule has 1 aromatic heterocycles. The second kappa shape index (κ2) is 8.05. The molecule has 2 aromatic carbocycles. The highest BCUT2D eigenvalue weighted by molar-refractivity contribution is 7.99. The molecule has 0 radical (unpaired) electrons. The lowest BCUT2D eigenvalue weighted by molar-refractivity contribution is 0.414. The Bertz CT molecular complexity index is 1080. The zero-order valence-corrected chi connectivity index (χ0v) is 17.8. The fourth-order valence-electron chi connectivity index (χ4n) is 3.25. The van der Waals surface area contributed by atoms with Crippen LogP contribution in [0.5, 0.6) is 5.75 Å². The van der Waals surface area contributed by atoms with E-state index in [1.165, 1.54) is 16.7 Å². The number of methoxy groups -OCH3 is 1. The Hall–Kier alpha value is -2.18. The molecule has 0 spiro atoms. The van der Waals surface area contributed by atoms with Crippen LogP contribution in [0.25, 0.3) is 5.69 Å². The first-order valence-corrected chi connectivity index (χ1v) is 11.2. The van der Waals surface area contributed by atoms with Gasteiger partial charge in [0.05, 0.1) is 23.4 Å². The minimum Gasteiger partial charge on any atom is -0.497 e. The normalized spacial score (nSPS) is 12.8. The number of ether oxygens (including phenoxy) is 1. The molecule has 0 saturated carbocycles. The van der Waals surface area contributed by atoms with Crippen molar-refractivity contribution in [2.24, 2.45) is 0 Å². The Kier molecular flexibility index (Phi) is 5.51. The Balaban J connectivity index is 1.76. The fraction of sp³-hybridized carbons (Fsp3) is 0.273. The van der Waals surface area contributed by atoms with Gasteiger partial charge in [0.2, 0.25) is 0 Å². The summed E-state index contributed by atoms with van der Waals surface area (Å²) < 4.78 is 7.00. The molecule has 0 aliphatic carbocycles. The van der Waals surface area contributed by atoms with Crippen molar-refractivity contribution < 1.29 is 4.74 Å². The quantitative estimate of drug-likeness (QED) is 0.447. The van der Waals surface area contributed by atoms with E-state index >= 15 is 0 Å². The van der Waals surface area contributed by atoms with Gasteiger partial charge in [0.25, 0.3) is 5.56 Å². The SMILES string of the molecule is COc1ccc(-n2c(SCc3cc(C)ccc3C)nc3c(c2=O)SCC3)cc1. The molecule has 0 amide bonds. The molecule has 28 heavy (non-hydrogen) atoms. The number of hydrogen-bond acceptors (Lipinski definition) is 5. The van der Waals surface area contributed by atoms with Crippen LogP contribution < -0.4 is 10.3 Å².